The molecule has 0 radical (unpaired) electrons. The van der Waals surface area contributed by atoms with Gasteiger partial charge < -0.3 is 11.5 Å². The zero-order chi connectivity index (χ0) is 16.7. The number of nitrogens with two attached hydrogens (primary N) is 2. The Hall–Kier alpha value is -2.93. The van der Waals surface area contributed by atoms with Crippen molar-refractivity contribution in [1.29, 1.82) is 0 Å². The van der Waals surface area contributed by atoms with Gasteiger partial charge in [0.15, 0.2) is 0 Å². The molecule has 0 heterocycles. The number of rotatable bonds is 3. The highest BCUT2D eigenvalue weighted by molar-refractivity contribution is 6.30. The Morgan fingerprint density at radius 3 is 1.55 bits per heavy atom. The molecule has 0 aliphatic heterocycles. The predicted octanol–water partition coefficient (Wildman–Crippen LogP) is 2.13. The standard InChI is InChI=1S/C7H6ClNO.C7H6N2O3/c8-6-3-1-5(2-4-6)7(9)10;8-7(10)5-1-3-6(4-2-5)9(11)12/h1-4H,(H2,9,10);1-4H,(H2,8,10). The van der Waals surface area contributed by atoms with Crippen LogP contribution in [0.3, 0.4) is 0 Å². The number of nitro groups is 1. The monoisotopic (exact) mass is 321 g/mol. The van der Waals surface area contributed by atoms with E-state index in [9.17, 15) is 19.7 Å². The smallest absolute Gasteiger partial charge is 0.269 e. The second kappa shape index (κ2) is 7.75. The summed E-state index contributed by atoms with van der Waals surface area (Å²) in [4.78, 5) is 30.7. The van der Waals surface area contributed by atoms with E-state index in [1.165, 1.54) is 24.3 Å². The van der Waals surface area contributed by atoms with Crippen LogP contribution in [0.5, 0.6) is 0 Å². The fourth-order valence-electron chi connectivity index (χ4n) is 1.36. The highest BCUT2D eigenvalue weighted by Gasteiger charge is 2.05. The van der Waals surface area contributed by atoms with Gasteiger partial charge in [0, 0.05) is 28.3 Å². The number of carbonyl (C=O) groups is 2. The van der Waals surface area contributed by atoms with Crippen molar-refractivity contribution in [3.63, 3.8) is 0 Å². The van der Waals surface area contributed by atoms with Crippen molar-refractivity contribution >= 4 is 29.1 Å². The number of nitro benzene ring substituents is 1. The summed E-state index contributed by atoms with van der Waals surface area (Å²) in [6.45, 7) is 0. The van der Waals surface area contributed by atoms with Gasteiger partial charge >= 0.3 is 0 Å². The lowest BCUT2D eigenvalue weighted by molar-refractivity contribution is -0.384. The third kappa shape index (κ3) is 5.22. The highest BCUT2D eigenvalue weighted by Crippen LogP contribution is 2.11. The van der Waals surface area contributed by atoms with Crippen molar-refractivity contribution in [2.75, 3.05) is 0 Å². The Morgan fingerprint density at radius 2 is 1.23 bits per heavy atom. The first-order valence-electron chi connectivity index (χ1n) is 5.91. The summed E-state index contributed by atoms with van der Waals surface area (Å²) in [5.74, 6) is -1.03. The molecule has 0 aliphatic rings. The minimum Gasteiger partial charge on any atom is -0.366 e. The van der Waals surface area contributed by atoms with E-state index >= 15 is 0 Å². The van der Waals surface area contributed by atoms with Gasteiger partial charge in [-0.2, -0.15) is 0 Å². The fourth-order valence-corrected chi connectivity index (χ4v) is 1.49. The molecule has 114 valence electrons. The normalized spacial score (nSPS) is 9.32. The van der Waals surface area contributed by atoms with E-state index in [1.54, 1.807) is 24.3 Å². The number of benzene rings is 2. The van der Waals surface area contributed by atoms with E-state index in [0.29, 0.717) is 10.6 Å². The number of hydrogen-bond acceptors (Lipinski definition) is 4. The molecule has 8 heteroatoms. The third-order valence-corrected chi connectivity index (χ3v) is 2.74. The molecule has 22 heavy (non-hydrogen) atoms. The Kier molecular flexibility index (Phi) is 6.03. The molecule has 0 unspecified atom stereocenters. The van der Waals surface area contributed by atoms with Crippen LogP contribution in [-0.2, 0) is 0 Å². The van der Waals surface area contributed by atoms with Crippen molar-refractivity contribution < 1.29 is 14.5 Å². The van der Waals surface area contributed by atoms with E-state index in [-0.39, 0.29) is 11.3 Å². The summed E-state index contributed by atoms with van der Waals surface area (Å²) in [5, 5.41) is 10.8. The van der Waals surface area contributed by atoms with Gasteiger partial charge in [-0.25, -0.2) is 0 Å². The Morgan fingerprint density at radius 1 is 0.864 bits per heavy atom. The minimum atomic E-state index is -0.593. The first kappa shape index (κ1) is 17.1. The second-order valence-corrected chi connectivity index (χ2v) is 4.48. The second-order valence-electron chi connectivity index (χ2n) is 4.04. The Bertz CT molecular complexity index is 651. The Labute approximate surface area is 130 Å². The molecule has 2 aromatic carbocycles. The van der Waals surface area contributed by atoms with Crippen molar-refractivity contribution in [2.24, 2.45) is 11.5 Å². The summed E-state index contributed by atoms with van der Waals surface area (Å²) >= 11 is 5.56. The van der Waals surface area contributed by atoms with Gasteiger partial charge in [-0.05, 0) is 36.4 Å². The number of nitrogens with zero attached hydrogens (tertiary/aromatic N) is 1. The van der Waals surface area contributed by atoms with Crippen molar-refractivity contribution in [1.82, 2.24) is 0 Å². The molecule has 0 fully saturated rings. The van der Waals surface area contributed by atoms with Crippen molar-refractivity contribution in [2.45, 2.75) is 0 Å². The summed E-state index contributed by atoms with van der Waals surface area (Å²) < 4.78 is 0. The highest BCUT2D eigenvalue weighted by atomic mass is 35.5. The fraction of sp³-hybridized carbons (Fsp3) is 0. The number of amides is 2. The van der Waals surface area contributed by atoms with Gasteiger partial charge in [-0.1, -0.05) is 11.6 Å². The van der Waals surface area contributed by atoms with Crippen LogP contribution < -0.4 is 11.5 Å². The first-order valence-corrected chi connectivity index (χ1v) is 6.28. The molecular formula is C14H12ClN3O4. The number of primary amides is 2. The predicted molar refractivity (Wildman–Crippen MR) is 81.6 cm³/mol. The van der Waals surface area contributed by atoms with Gasteiger partial charge in [0.05, 0.1) is 4.92 Å². The van der Waals surface area contributed by atoms with Crippen molar-refractivity contribution in [3.8, 4) is 0 Å². The van der Waals surface area contributed by atoms with Crippen LogP contribution >= 0.6 is 11.6 Å². The molecule has 4 N–H and O–H groups in total. The van der Waals surface area contributed by atoms with Crippen LogP contribution in [0.4, 0.5) is 5.69 Å². The van der Waals surface area contributed by atoms with E-state index in [1.807, 2.05) is 0 Å². The minimum absolute atomic E-state index is 0.0556. The number of hydrogen-bond donors (Lipinski definition) is 2. The van der Waals surface area contributed by atoms with Gasteiger partial charge in [0.2, 0.25) is 11.8 Å². The topological polar surface area (TPSA) is 129 Å². The van der Waals surface area contributed by atoms with Crippen LogP contribution in [0, 0.1) is 10.1 Å². The lowest BCUT2D eigenvalue weighted by atomic mass is 10.2. The van der Waals surface area contributed by atoms with Crippen LogP contribution in [0.1, 0.15) is 20.7 Å². The van der Waals surface area contributed by atoms with E-state index in [0.717, 1.165) is 0 Å². The molecule has 0 saturated heterocycles. The molecular weight excluding hydrogens is 310 g/mol. The zero-order valence-electron chi connectivity index (χ0n) is 11.2. The molecule has 2 amide bonds. The lowest BCUT2D eigenvalue weighted by Crippen LogP contribution is -2.10. The van der Waals surface area contributed by atoms with E-state index in [2.05, 4.69) is 0 Å². The summed E-state index contributed by atoms with van der Waals surface area (Å²) in [7, 11) is 0. The quantitative estimate of drug-likeness (QED) is 0.662. The Balaban J connectivity index is 0.000000224. The molecule has 0 spiro atoms. The zero-order valence-corrected chi connectivity index (χ0v) is 12.0. The summed E-state index contributed by atoms with van der Waals surface area (Å²) in [6.07, 6.45) is 0. The SMILES string of the molecule is NC(=O)c1ccc(Cl)cc1.NC(=O)c1ccc([N+](=O)[O-])cc1. The maximum absolute atomic E-state index is 10.5. The molecule has 2 aromatic rings. The van der Waals surface area contributed by atoms with Gasteiger partial charge in [0.25, 0.3) is 5.69 Å². The van der Waals surface area contributed by atoms with Crippen LogP contribution in [0.15, 0.2) is 48.5 Å². The lowest BCUT2D eigenvalue weighted by Gasteiger charge is -1.93. The maximum Gasteiger partial charge on any atom is 0.269 e. The van der Waals surface area contributed by atoms with Gasteiger partial charge in [-0.15, -0.1) is 0 Å². The molecule has 0 saturated carbocycles. The molecule has 0 aliphatic carbocycles. The van der Waals surface area contributed by atoms with E-state index in [4.69, 9.17) is 23.1 Å². The number of non-ortho nitro benzene ring substituents is 1. The largest absolute Gasteiger partial charge is 0.366 e. The number of halogens is 1. The maximum atomic E-state index is 10.5. The van der Waals surface area contributed by atoms with Crippen LogP contribution in [0.25, 0.3) is 0 Å². The molecule has 0 aromatic heterocycles. The van der Waals surface area contributed by atoms with Gasteiger partial charge in [-0.3, -0.25) is 19.7 Å². The van der Waals surface area contributed by atoms with Crippen molar-refractivity contribution in [3.05, 3.63) is 74.8 Å². The molecule has 7 nitrogen and oxygen atoms in total. The summed E-state index contributed by atoms with van der Waals surface area (Å²) in [5.41, 5.74) is 10.6. The molecule has 0 bridgehead atoms. The molecule has 2 rings (SSSR count). The first-order chi connectivity index (χ1) is 10.3. The number of carbonyl (C=O) groups excluding carboxylic acids is 2. The summed E-state index contributed by atoms with van der Waals surface area (Å²) in [6, 6.07) is 11.5. The van der Waals surface area contributed by atoms with Crippen LogP contribution in [-0.4, -0.2) is 16.7 Å². The average molecular weight is 322 g/mol. The van der Waals surface area contributed by atoms with E-state index < -0.39 is 16.7 Å². The average Bonchev–Trinajstić information content (AvgIpc) is 2.48. The molecule has 0 atom stereocenters. The third-order valence-electron chi connectivity index (χ3n) is 2.49. The van der Waals surface area contributed by atoms with Gasteiger partial charge in [0.1, 0.15) is 0 Å². The van der Waals surface area contributed by atoms with Crippen LogP contribution in [0.2, 0.25) is 5.02 Å².